The standard InChI is InChI=1S/C16H17BrN4O2/c17-12-5-1-2-6-13(12)20-16-18-8-7-14(21-16)15(22)19-10-11-4-3-9-23-11/h1-2,5-8,11H,3-4,9-10H2,(H,19,22)(H,18,20,21). The number of benzene rings is 1. The van der Waals surface area contributed by atoms with E-state index in [1.165, 1.54) is 0 Å². The number of carbonyl (C=O) groups is 1. The van der Waals surface area contributed by atoms with Crippen LogP contribution >= 0.6 is 15.9 Å². The molecule has 1 fully saturated rings. The number of ether oxygens (including phenoxy) is 1. The number of amides is 1. The Labute approximate surface area is 142 Å². The maximum Gasteiger partial charge on any atom is 0.270 e. The summed E-state index contributed by atoms with van der Waals surface area (Å²) < 4.78 is 6.39. The minimum absolute atomic E-state index is 0.110. The van der Waals surface area contributed by atoms with Gasteiger partial charge in [-0.3, -0.25) is 4.79 Å². The molecule has 1 aromatic heterocycles. The van der Waals surface area contributed by atoms with Gasteiger partial charge in [-0.05, 0) is 47.0 Å². The molecule has 1 aromatic carbocycles. The highest BCUT2D eigenvalue weighted by molar-refractivity contribution is 9.10. The van der Waals surface area contributed by atoms with Crippen molar-refractivity contribution < 1.29 is 9.53 Å². The van der Waals surface area contributed by atoms with E-state index in [4.69, 9.17) is 4.74 Å². The zero-order valence-electron chi connectivity index (χ0n) is 12.5. The molecular formula is C16H17BrN4O2. The molecule has 1 aliphatic rings. The monoisotopic (exact) mass is 376 g/mol. The van der Waals surface area contributed by atoms with E-state index >= 15 is 0 Å². The van der Waals surface area contributed by atoms with Crippen molar-refractivity contribution in [1.82, 2.24) is 15.3 Å². The Kier molecular flexibility index (Phi) is 5.19. The molecule has 6 nitrogen and oxygen atoms in total. The van der Waals surface area contributed by atoms with Crippen LogP contribution in [0.2, 0.25) is 0 Å². The topological polar surface area (TPSA) is 76.1 Å². The van der Waals surface area contributed by atoms with Gasteiger partial charge in [0.15, 0.2) is 0 Å². The molecule has 1 atom stereocenters. The second-order valence-corrected chi connectivity index (χ2v) is 6.07. The lowest BCUT2D eigenvalue weighted by Crippen LogP contribution is -2.32. The maximum atomic E-state index is 12.2. The van der Waals surface area contributed by atoms with Crippen molar-refractivity contribution in [1.29, 1.82) is 0 Å². The molecule has 1 amide bonds. The number of carbonyl (C=O) groups excluding carboxylic acids is 1. The summed E-state index contributed by atoms with van der Waals surface area (Å²) in [5, 5.41) is 5.94. The third-order valence-electron chi connectivity index (χ3n) is 3.52. The highest BCUT2D eigenvalue weighted by Gasteiger charge is 2.17. The Hall–Kier alpha value is -1.99. The van der Waals surface area contributed by atoms with E-state index in [2.05, 4.69) is 36.5 Å². The number of para-hydroxylation sites is 1. The summed E-state index contributed by atoms with van der Waals surface area (Å²) in [6, 6.07) is 9.24. The van der Waals surface area contributed by atoms with Gasteiger partial charge >= 0.3 is 0 Å². The van der Waals surface area contributed by atoms with Crippen molar-refractivity contribution >= 4 is 33.5 Å². The fourth-order valence-corrected chi connectivity index (χ4v) is 2.71. The summed E-state index contributed by atoms with van der Waals surface area (Å²) in [6.45, 7) is 1.28. The molecule has 0 aliphatic carbocycles. The molecule has 0 spiro atoms. The van der Waals surface area contributed by atoms with Gasteiger partial charge in [-0.15, -0.1) is 0 Å². The minimum atomic E-state index is -0.224. The smallest absolute Gasteiger partial charge is 0.270 e. The van der Waals surface area contributed by atoms with Gasteiger partial charge in [-0.1, -0.05) is 12.1 Å². The van der Waals surface area contributed by atoms with Crippen LogP contribution in [0.25, 0.3) is 0 Å². The number of nitrogens with zero attached hydrogens (tertiary/aromatic N) is 2. The molecule has 3 rings (SSSR count). The van der Waals surface area contributed by atoms with Crippen molar-refractivity contribution in [3.05, 3.63) is 46.7 Å². The average molecular weight is 377 g/mol. The Balaban J connectivity index is 1.64. The van der Waals surface area contributed by atoms with Gasteiger partial charge in [-0.2, -0.15) is 0 Å². The lowest BCUT2D eigenvalue weighted by atomic mass is 10.2. The summed E-state index contributed by atoms with van der Waals surface area (Å²) in [6.07, 6.45) is 3.71. The van der Waals surface area contributed by atoms with Gasteiger partial charge in [0, 0.05) is 23.8 Å². The van der Waals surface area contributed by atoms with Gasteiger partial charge in [0.2, 0.25) is 5.95 Å². The van der Waals surface area contributed by atoms with Gasteiger partial charge in [0.1, 0.15) is 5.69 Å². The summed E-state index contributed by atoms with van der Waals surface area (Å²) in [5.41, 5.74) is 1.16. The van der Waals surface area contributed by atoms with E-state index in [9.17, 15) is 4.79 Å². The highest BCUT2D eigenvalue weighted by Crippen LogP contribution is 2.23. The Morgan fingerprint density at radius 3 is 3.00 bits per heavy atom. The van der Waals surface area contributed by atoms with E-state index in [0.717, 1.165) is 29.6 Å². The predicted octanol–water partition coefficient (Wildman–Crippen LogP) is 2.89. The molecule has 1 aliphatic heterocycles. The zero-order valence-corrected chi connectivity index (χ0v) is 14.0. The van der Waals surface area contributed by atoms with Crippen LogP contribution in [-0.2, 0) is 4.74 Å². The fraction of sp³-hybridized carbons (Fsp3) is 0.312. The van der Waals surface area contributed by atoms with Gasteiger partial charge < -0.3 is 15.4 Å². The minimum Gasteiger partial charge on any atom is -0.376 e. The SMILES string of the molecule is O=C(NCC1CCCO1)c1ccnc(Nc2ccccc2Br)n1. The molecular weight excluding hydrogens is 360 g/mol. The normalized spacial score (nSPS) is 17.0. The number of hydrogen-bond donors (Lipinski definition) is 2. The lowest BCUT2D eigenvalue weighted by Gasteiger charge is -2.11. The zero-order chi connectivity index (χ0) is 16.1. The molecule has 23 heavy (non-hydrogen) atoms. The molecule has 2 heterocycles. The van der Waals surface area contributed by atoms with Crippen LogP contribution in [-0.4, -0.2) is 35.1 Å². The van der Waals surface area contributed by atoms with E-state index in [-0.39, 0.29) is 12.0 Å². The lowest BCUT2D eigenvalue weighted by molar-refractivity contribution is 0.0853. The first-order valence-electron chi connectivity index (χ1n) is 7.47. The number of anilines is 2. The van der Waals surface area contributed by atoms with Crippen LogP contribution in [0.15, 0.2) is 41.0 Å². The van der Waals surface area contributed by atoms with Crippen molar-refractivity contribution in [2.75, 3.05) is 18.5 Å². The van der Waals surface area contributed by atoms with E-state index in [0.29, 0.717) is 18.2 Å². The molecule has 0 saturated carbocycles. The summed E-state index contributed by atoms with van der Waals surface area (Å²) >= 11 is 3.45. The molecule has 1 saturated heterocycles. The number of nitrogens with one attached hydrogen (secondary N) is 2. The second-order valence-electron chi connectivity index (χ2n) is 5.22. The first kappa shape index (κ1) is 15.9. The molecule has 120 valence electrons. The Morgan fingerprint density at radius 1 is 1.35 bits per heavy atom. The quantitative estimate of drug-likeness (QED) is 0.838. The molecule has 2 N–H and O–H groups in total. The molecule has 7 heteroatoms. The number of rotatable bonds is 5. The van der Waals surface area contributed by atoms with E-state index in [1.807, 2.05) is 24.3 Å². The first-order chi connectivity index (χ1) is 11.2. The molecule has 0 bridgehead atoms. The van der Waals surface area contributed by atoms with E-state index in [1.54, 1.807) is 12.3 Å². The fourth-order valence-electron chi connectivity index (χ4n) is 2.33. The summed E-state index contributed by atoms with van der Waals surface area (Å²) in [7, 11) is 0. The molecule has 0 radical (unpaired) electrons. The Morgan fingerprint density at radius 2 is 2.22 bits per heavy atom. The van der Waals surface area contributed by atoms with Crippen LogP contribution in [0.4, 0.5) is 11.6 Å². The van der Waals surface area contributed by atoms with Crippen LogP contribution in [0, 0.1) is 0 Å². The van der Waals surface area contributed by atoms with Gasteiger partial charge in [0.05, 0.1) is 11.8 Å². The van der Waals surface area contributed by atoms with Crippen molar-refractivity contribution in [3.63, 3.8) is 0 Å². The van der Waals surface area contributed by atoms with Crippen molar-refractivity contribution in [3.8, 4) is 0 Å². The van der Waals surface area contributed by atoms with Crippen LogP contribution in [0.1, 0.15) is 23.3 Å². The molecule has 1 unspecified atom stereocenters. The van der Waals surface area contributed by atoms with Gasteiger partial charge in [0.25, 0.3) is 5.91 Å². The predicted molar refractivity (Wildman–Crippen MR) is 90.8 cm³/mol. The van der Waals surface area contributed by atoms with Crippen LogP contribution in [0.5, 0.6) is 0 Å². The molecule has 2 aromatic rings. The Bertz CT molecular complexity index is 689. The number of aromatic nitrogens is 2. The van der Waals surface area contributed by atoms with Crippen molar-refractivity contribution in [2.45, 2.75) is 18.9 Å². The number of hydrogen-bond acceptors (Lipinski definition) is 5. The first-order valence-corrected chi connectivity index (χ1v) is 8.26. The van der Waals surface area contributed by atoms with Gasteiger partial charge in [-0.25, -0.2) is 9.97 Å². The van der Waals surface area contributed by atoms with Crippen molar-refractivity contribution in [2.24, 2.45) is 0 Å². The average Bonchev–Trinajstić information content (AvgIpc) is 3.08. The highest BCUT2D eigenvalue weighted by atomic mass is 79.9. The maximum absolute atomic E-state index is 12.2. The third-order valence-corrected chi connectivity index (χ3v) is 4.21. The third kappa shape index (κ3) is 4.27. The summed E-state index contributed by atoms with van der Waals surface area (Å²) in [4.78, 5) is 20.6. The second kappa shape index (κ2) is 7.52. The van der Waals surface area contributed by atoms with Crippen LogP contribution in [0.3, 0.4) is 0 Å². The summed E-state index contributed by atoms with van der Waals surface area (Å²) in [5.74, 6) is 0.153. The number of halogens is 1. The largest absolute Gasteiger partial charge is 0.376 e. The van der Waals surface area contributed by atoms with E-state index < -0.39 is 0 Å². The van der Waals surface area contributed by atoms with Crippen LogP contribution < -0.4 is 10.6 Å².